The summed E-state index contributed by atoms with van der Waals surface area (Å²) in [5.41, 5.74) is 0.109. The van der Waals surface area contributed by atoms with Gasteiger partial charge >= 0.3 is 11.9 Å². The van der Waals surface area contributed by atoms with Crippen LogP contribution in [-0.4, -0.2) is 40.5 Å². The van der Waals surface area contributed by atoms with Crippen molar-refractivity contribution in [3.8, 4) is 0 Å². The molecule has 2 rings (SSSR count). The molecule has 10 heteroatoms. The molecular formula is C20H19FN2O7. The summed E-state index contributed by atoms with van der Waals surface area (Å²) in [6.07, 6.45) is -0.383. The minimum atomic E-state index is -1.55. The zero-order chi connectivity index (χ0) is 22.3. The normalized spacial score (nSPS) is 12.5. The molecule has 2 aromatic carbocycles. The molecule has 2 atom stereocenters. The van der Waals surface area contributed by atoms with Crippen LogP contribution < -0.4 is 5.32 Å². The van der Waals surface area contributed by atoms with Crippen LogP contribution in [0, 0.1) is 15.9 Å². The van der Waals surface area contributed by atoms with Gasteiger partial charge in [0, 0.05) is 23.6 Å². The third-order valence-electron chi connectivity index (χ3n) is 4.29. The summed E-state index contributed by atoms with van der Waals surface area (Å²) in [4.78, 5) is 46.7. The summed E-state index contributed by atoms with van der Waals surface area (Å²) in [6.45, 7) is 1.66. The van der Waals surface area contributed by atoms with Gasteiger partial charge in [-0.3, -0.25) is 19.7 Å². The molecule has 0 aliphatic rings. The van der Waals surface area contributed by atoms with Gasteiger partial charge in [-0.25, -0.2) is 9.18 Å². The summed E-state index contributed by atoms with van der Waals surface area (Å²) in [5, 5.41) is 22.9. The maximum absolute atomic E-state index is 13.1. The van der Waals surface area contributed by atoms with Crippen LogP contribution in [0.15, 0.2) is 48.5 Å². The van der Waals surface area contributed by atoms with Crippen molar-refractivity contribution in [1.82, 2.24) is 5.32 Å². The Morgan fingerprint density at radius 2 is 1.73 bits per heavy atom. The molecule has 2 aromatic rings. The number of halogens is 1. The van der Waals surface area contributed by atoms with Gasteiger partial charge < -0.3 is 15.2 Å². The van der Waals surface area contributed by atoms with E-state index in [0.29, 0.717) is 5.56 Å². The van der Waals surface area contributed by atoms with Crippen molar-refractivity contribution in [3.63, 3.8) is 0 Å². The van der Waals surface area contributed by atoms with E-state index in [-0.39, 0.29) is 24.3 Å². The molecule has 0 heterocycles. The second-order valence-electron chi connectivity index (χ2n) is 6.26. The molecule has 30 heavy (non-hydrogen) atoms. The van der Waals surface area contributed by atoms with E-state index in [0.717, 1.165) is 12.1 Å². The Kier molecular flexibility index (Phi) is 7.56. The highest BCUT2D eigenvalue weighted by Crippen LogP contribution is 2.27. The minimum absolute atomic E-state index is 0.0289. The maximum atomic E-state index is 13.1. The lowest BCUT2D eigenvalue weighted by Gasteiger charge is -2.25. The summed E-state index contributed by atoms with van der Waals surface area (Å²) >= 11 is 0. The average molecular weight is 418 g/mol. The predicted molar refractivity (Wildman–Crippen MR) is 102 cm³/mol. The van der Waals surface area contributed by atoms with Crippen molar-refractivity contribution in [1.29, 1.82) is 0 Å². The number of amides is 1. The van der Waals surface area contributed by atoms with Crippen LogP contribution in [0.1, 0.15) is 35.2 Å². The Morgan fingerprint density at radius 1 is 1.13 bits per heavy atom. The summed E-state index contributed by atoms with van der Waals surface area (Å²) < 4.78 is 18.0. The molecule has 0 aliphatic carbocycles. The van der Waals surface area contributed by atoms with Crippen LogP contribution in [0.3, 0.4) is 0 Å². The number of benzene rings is 2. The minimum Gasteiger partial charge on any atom is -0.480 e. The number of carbonyl (C=O) groups excluding carboxylic acids is 2. The Morgan fingerprint density at radius 3 is 2.23 bits per heavy atom. The molecule has 2 N–H and O–H groups in total. The number of nitro benzene ring substituents is 1. The van der Waals surface area contributed by atoms with Gasteiger partial charge in [0.25, 0.3) is 11.6 Å². The molecular weight excluding hydrogens is 399 g/mol. The van der Waals surface area contributed by atoms with Crippen molar-refractivity contribution in [2.45, 2.75) is 25.3 Å². The van der Waals surface area contributed by atoms with Crippen LogP contribution >= 0.6 is 0 Å². The molecule has 9 nitrogen and oxygen atoms in total. The van der Waals surface area contributed by atoms with Crippen LogP contribution in [0.4, 0.5) is 10.1 Å². The molecule has 0 saturated heterocycles. The highest BCUT2D eigenvalue weighted by Gasteiger charge is 2.33. The second-order valence-corrected chi connectivity index (χ2v) is 6.26. The molecule has 0 unspecified atom stereocenters. The summed E-state index contributed by atoms with van der Waals surface area (Å²) in [6, 6.07) is 7.93. The number of carboxylic acid groups (broad SMARTS) is 1. The molecule has 0 radical (unpaired) electrons. The highest BCUT2D eigenvalue weighted by molar-refractivity contribution is 5.97. The molecule has 0 aliphatic heterocycles. The topological polar surface area (TPSA) is 136 Å². The number of carbonyl (C=O) groups is 3. The van der Waals surface area contributed by atoms with Gasteiger partial charge in [0.1, 0.15) is 11.9 Å². The lowest BCUT2D eigenvalue weighted by atomic mass is 9.88. The first-order chi connectivity index (χ1) is 14.2. The maximum Gasteiger partial charge on any atom is 0.326 e. The molecule has 0 aromatic heterocycles. The lowest BCUT2D eigenvalue weighted by molar-refractivity contribution is -0.384. The molecule has 0 spiro atoms. The quantitative estimate of drug-likeness (QED) is 0.363. The van der Waals surface area contributed by atoms with E-state index >= 15 is 0 Å². The van der Waals surface area contributed by atoms with Gasteiger partial charge in [-0.2, -0.15) is 0 Å². The lowest BCUT2D eigenvalue weighted by Crippen LogP contribution is -2.45. The Labute approximate surface area is 170 Å². The van der Waals surface area contributed by atoms with Crippen molar-refractivity contribution in [3.05, 3.63) is 75.6 Å². The molecule has 0 bridgehead atoms. The summed E-state index contributed by atoms with van der Waals surface area (Å²) in [7, 11) is 0. The number of nitrogens with one attached hydrogen (secondary N) is 1. The predicted octanol–water partition coefficient (Wildman–Crippen LogP) is 2.65. The number of nitrogens with zero attached hydrogens (tertiary/aromatic N) is 1. The van der Waals surface area contributed by atoms with Gasteiger partial charge in [0.2, 0.25) is 0 Å². The Balaban J connectivity index is 2.36. The number of carboxylic acids is 1. The zero-order valence-corrected chi connectivity index (χ0v) is 15.9. The van der Waals surface area contributed by atoms with Gasteiger partial charge in [0.15, 0.2) is 0 Å². The highest BCUT2D eigenvalue weighted by atomic mass is 19.1. The first-order valence-electron chi connectivity index (χ1n) is 8.92. The first kappa shape index (κ1) is 22.5. The first-order valence-corrected chi connectivity index (χ1v) is 8.92. The number of esters is 1. The number of rotatable bonds is 9. The van der Waals surface area contributed by atoms with Gasteiger partial charge in [-0.05, 0) is 36.8 Å². The Bertz CT molecular complexity index is 929. The standard InChI is InChI=1S/C20H19FN2O7/c1-2-30-17(24)11-16(12-5-9-15(10-6-12)23(28)29)18(20(26)27)22-19(25)13-3-7-14(21)8-4-13/h3-10,16,18H,2,11H2,1H3,(H,22,25)(H,26,27)/t16-,18-/m0/s1. The third kappa shape index (κ3) is 5.84. The van der Waals surface area contributed by atoms with Crippen molar-refractivity contribution in [2.75, 3.05) is 6.61 Å². The third-order valence-corrected chi connectivity index (χ3v) is 4.29. The monoisotopic (exact) mass is 418 g/mol. The molecule has 1 amide bonds. The number of nitro groups is 1. The van der Waals surface area contributed by atoms with E-state index in [1.165, 1.54) is 36.4 Å². The van der Waals surface area contributed by atoms with Crippen LogP contribution in [0.5, 0.6) is 0 Å². The molecule has 158 valence electrons. The number of hydrogen-bond donors (Lipinski definition) is 2. The average Bonchev–Trinajstić information content (AvgIpc) is 2.71. The van der Waals surface area contributed by atoms with Crippen molar-refractivity contribution in [2.24, 2.45) is 0 Å². The van der Waals surface area contributed by atoms with Gasteiger partial charge in [-0.1, -0.05) is 12.1 Å². The van der Waals surface area contributed by atoms with Crippen molar-refractivity contribution >= 4 is 23.5 Å². The SMILES string of the molecule is CCOC(=O)C[C@@H](c1ccc([N+](=O)[O-])cc1)[C@H](NC(=O)c1ccc(F)cc1)C(=O)O. The van der Waals surface area contributed by atoms with Crippen LogP contribution in [0.25, 0.3) is 0 Å². The zero-order valence-electron chi connectivity index (χ0n) is 15.9. The second kappa shape index (κ2) is 10.1. The van der Waals surface area contributed by atoms with Gasteiger partial charge in [-0.15, -0.1) is 0 Å². The van der Waals surface area contributed by atoms with E-state index in [1.807, 2.05) is 0 Å². The van der Waals surface area contributed by atoms with Gasteiger partial charge in [0.05, 0.1) is 18.0 Å². The number of hydrogen-bond acceptors (Lipinski definition) is 6. The smallest absolute Gasteiger partial charge is 0.326 e. The fourth-order valence-corrected chi connectivity index (χ4v) is 2.83. The summed E-state index contributed by atoms with van der Waals surface area (Å²) in [5.74, 6) is -4.52. The van der Waals surface area contributed by atoms with E-state index in [9.17, 15) is 34.0 Å². The number of ether oxygens (including phenoxy) is 1. The van der Waals surface area contributed by atoms with E-state index in [4.69, 9.17) is 4.74 Å². The van der Waals surface area contributed by atoms with E-state index < -0.39 is 40.5 Å². The van der Waals surface area contributed by atoms with E-state index in [1.54, 1.807) is 6.92 Å². The van der Waals surface area contributed by atoms with E-state index in [2.05, 4.69) is 5.32 Å². The van der Waals surface area contributed by atoms with Crippen LogP contribution in [-0.2, 0) is 14.3 Å². The van der Waals surface area contributed by atoms with Crippen LogP contribution in [0.2, 0.25) is 0 Å². The number of aliphatic carboxylic acids is 1. The molecule has 0 saturated carbocycles. The largest absolute Gasteiger partial charge is 0.480 e. The fourth-order valence-electron chi connectivity index (χ4n) is 2.83. The fraction of sp³-hybridized carbons (Fsp3) is 0.250. The number of non-ortho nitro benzene ring substituents is 1. The molecule has 0 fully saturated rings. The van der Waals surface area contributed by atoms with Crippen molar-refractivity contribution < 1.29 is 33.5 Å². The Hall–Kier alpha value is -3.82.